The summed E-state index contributed by atoms with van der Waals surface area (Å²) in [4.78, 5) is 43.2. The van der Waals surface area contributed by atoms with Gasteiger partial charge in [-0.05, 0) is 36.4 Å². The fraction of sp³-hybridized carbons (Fsp3) is 0.269. The molecule has 0 atom stereocenters. The highest BCUT2D eigenvalue weighted by Crippen LogP contribution is 2.27. The van der Waals surface area contributed by atoms with Crippen molar-refractivity contribution in [2.24, 2.45) is 0 Å². The molecule has 3 aromatic carbocycles. The maximum Gasteiger partial charge on any atom is 0.332 e. The molecule has 33 heavy (non-hydrogen) atoms. The van der Waals surface area contributed by atoms with Crippen molar-refractivity contribution in [3.8, 4) is 0 Å². The van der Waals surface area contributed by atoms with E-state index in [-0.39, 0.29) is 30.4 Å². The van der Waals surface area contributed by atoms with E-state index in [2.05, 4.69) is 10.2 Å². The number of benzene rings is 3. The van der Waals surface area contributed by atoms with Crippen LogP contribution in [0.25, 0.3) is 10.8 Å². The predicted molar refractivity (Wildman–Crippen MR) is 128 cm³/mol. The molecule has 0 aliphatic carbocycles. The fourth-order valence-corrected chi connectivity index (χ4v) is 4.75. The van der Waals surface area contributed by atoms with Crippen LogP contribution in [0.4, 0.5) is 16.2 Å². The highest BCUT2D eigenvalue weighted by Gasteiger charge is 2.41. The Kier molecular flexibility index (Phi) is 5.79. The van der Waals surface area contributed by atoms with Crippen molar-refractivity contribution in [3.05, 3.63) is 72.8 Å². The zero-order chi connectivity index (χ0) is 22.8. The molecule has 2 fully saturated rings. The first-order valence-electron chi connectivity index (χ1n) is 11.3. The van der Waals surface area contributed by atoms with Crippen LogP contribution in [0, 0.1) is 0 Å². The Balaban J connectivity index is 1.16. The molecule has 0 unspecified atom stereocenters. The molecule has 2 aliphatic rings. The molecule has 0 spiro atoms. The summed E-state index contributed by atoms with van der Waals surface area (Å²) in [5, 5.41) is 5.15. The van der Waals surface area contributed by atoms with Crippen LogP contribution in [0.1, 0.15) is 12.8 Å². The lowest BCUT2D eigenvalue weighted by molar-refractivity contribution is -0.117. The highest BCUT2D eigenvalue weighted by atomic mass is 16.2. The van der Waals surface area contributed by atoms with Crippen LogP contribution in [0.5, 0.6) is 0 Å². The van der Waals surface area contributed by atoms with E-state index in [0.29, 0.717) is 25.3 Å². The van der Waals surface area contributed by atoms with E-state index in [9.17, 15) is 14.4 Å². The van der Waals surface area contributed by atoms with Gasteiger partial charge in [0.15, 0.2) is 0 Å². The lowest BCUT2D eigenvalue weighted by Gasteiger charge is -2.35. The van der Waals surface area contributed by atoms with Crippen molar-refractivity contribution in [3.63, 3.8) is 0 Å². The smallest absolute Gasteiger partial charge is 0.324 e. The molecule has 7 nitrogen and oxygen atoms in total. The molecule has 3 aromatic rings. The van der Waals surface area contributed by atoms with Gasteiger partial charge in [0.2, 0.25) is 5.91 Å². The number of nitrogens with one attached hydrogen (secondary N) is 1. The van der Waals surface area contributed by atoms with Gasteiger partial charge in [-0.25, -0.2) is 9.69 Å². The quantitative estimate of drug-likeness (QED) is 0.612. The summed E-state index contributed by atoms with van der Waals surface area (Å²) < 4.78 is 0. The minimum Gasteiger partial charge on any atom is -0.324 e. The Morgan fingerprint density at radius 3 is 2.36 bits per heavy atom. The van der Waals surface area contributed by atoms with Crippen molar-refractivity contribution in [1.29, 1.82) is 0 Å². The first-order chi connectivity index (χ1) is 16.1. The molecule has 0 saturated carbocycles. The Morgan fingerprint density at radius 1 is 0.879 bits per heavy atom. The number of hydrogen-bond acceptors (Lipinski definition) is 4. The summed E-state index contributed by atoms with van der Waals surface area (Å²) in [6.07, 6.45) is 1.48. The zero-order valence-electron chi connectivity index (χ0n) is 18.3. The largest absolute Gasteiger partial charge is 0.332 e. The summed E-state index contributed by atoms with van der Waals surface area (Å²) in [5.41, 5.74) is 1.42. The number of likely N-dealkylation sites (tertiary alicyclic amines) is 1. The number of rotatable bonds is 5. The van der Waals surface area contributed by atoms with Crippen molar-refractivity contribution < 1.29 is 14.4 Å². The molecule has 2 saturated heterocycles. The summed E-state index contributed by atoms with van der Waals surface area (Å²) in [6.45, 7) is 1.83. The van der Waals surface area contributed by atoms with Crippen molar-refractivity contribution in [1.82, 2.24) is 9.80 Å². The number of anilines is 2. The van der Waals surface area contributed by atoms with Crippen LogP contribution in [0.3, 0.4) is 0 Å². The second-order valence-electron chi connectivity index (χ2n) is 8.56. The van der Waals surface area contributed by atoms with E-state index >= 15 is 0 Å². The average molecular weight is 443 g/mol. The highest BCUT2D eigenvalue weighted by molar-refractivity contribution is 6.19. The number of fused-ring (bicyclic) bond motifs is 1. The number of imide groups is 1. The van der Waals surface area contributed by atoms with E-state index in [1.807, 2.05) is 60.7 Å². The molecule has 0 bridgehead atoms. The molecular formula is C26H26N4O3. The minimum absolute atomic E-state index is 0.00698. The third-order valence-corrected chi connectivity index (χ3v) is 6.44. The molecule has 2 heterocycles. The van der Waals surface area contributed by atoms with Crippen molar-refractivity contribution >= 4 is 40.0 Å². The number of amides is 4. The van der Waals surface area contributed by atoms with Gasteiger partial charge in [-0.15, -0.1) is 0 Å². The van der Waals surface area contributed by atoms with E-state index in [0.717, 1.165) is 29.3 Å². The normalized spacial score (nSPS) is 17.7. The van der Waals surface area contributed by atoms with E-state index in [1.54, 1.807) is 17.0 Å². The summed E-state index contributed by atoms with van der Waals surface area (Å²) in [5.74, 6) is -0.240. The number of carbonyl (C=O) groups is 3. The molecule has 5 rings (SSSR count). The number of piperidine rings is 1. The summed E-state index contributed by atoms with van der Waals surface area (Å²) in [7, 11) is 0. The summed E-state index contributed by atoms with van der Waals surface area (Å²) in [6, 6.07) is 22.7. The van der Waals surface area contributed by atoms with Gasteiger partial charge in [0.1, 0.15) is 6.54 Å². The zero-order valence-corrected chi connectivity index (χ0v) is 18.3. The monoisotopic (exact) mass is 442 g/mol. The number of carbonyl (C=O) groups excluding carboxylic acids is 3. The minimum atomic E-state index is -0.252. The molecule has 0 aromatic heterocycles. The third kappa shape index (κ3) is 4.32. The Labute approximate surface area is 192 Å². The molecule has 0 radical (unpaired) electrons. The third-order valence-electron chi connectivity index (χ3n) is 6.44. The second kappa shape index (κ2) is 9.03. The Hall–Kier alpha value is -3.71. The lowest BCUT2D eigenvalue weighted by atomic mass is 10.0. The van der Waals surface area contributed by atoms with Gasteiger partial charge in [0.05, 0.1) is 12.2 Å². The van der Waals surface area contributed by atoms with Crippen molar-refractivity contribution in [2.45, 2.75) is 18.9 Å². The molecule has 168 valence electrons. The van der Waals surface area contributed by atoms with Crippen molar-refractivity contribution in [2.75, 3.05) is 36.4 Å². The average Bonchev–Trinajstić information content (AvgIpc) is 3.14. The van der Waals surface area contributed by atoms with E-state index < -0.39 is 0 Å². The van der Waals surface area contributed by atoms with Crippen LogP contribution in [0.15, 0.2) is 72.8 Å². The number of urea groups is 1. The summed E-state index contributed by atoms with van der Waals surface area (Å²) >= 11 is 0. The maximum absolute atomic E-state index is 12.9. The Morgan fingerprint density at radius 2 is 1.58 bits per heavy atom. The first kappa shape index (κ1) is 21.2. The second-order valence-corrected chi connectivity index (χ2v) is 8.56. The van der Waals surface area contributed by atoms with Crippen LogP contribution >= 0.6 is 0 Å². The number of hydrogen-bond donors (Lipinski definition) is 1. The number of para-hydroxylation sites is 1. The van der Waals surface area contributed by atoms with Gasteiger partial charge in [-0.1, -0.05) is 54.6 Å². The van der Waals surface area contributed by atoms with Gasteiger partial charge in [0, 0.05) is 30.2 Å². The maximum atomic E-state index is 12.9. The molecular weight excluding hydrogens is 416 g/mol. The van der Waals surface area contributed by atoms with Crippen LogP contribution in [0.2, 0.25) is 0 Å². The van der Waals surface area contributed by atoms with Crippen LogP contribution < -0.4 is 10.2 Å². The topological polar surface area (TPSA) is 73.0 Å². The predicted octanol–water partition coefficient (Wildman–Crippen LogP) is 3.71. The van der Waals surface area contributed by atoms with Gasteiger partial charge >= 0.3 is 6.03 Å². The SMILES string of the molecule is O=C(CN1CCC(N2CC(=O)N(c3ccccc3)C2=O)CC1)Nc1cccc2ccccc12. The van der Waals surface area contributed by atoms with Crippen LogP contribution in [-0.2, 0) is 9.59 Å². The standard InChI is InChI=1S/C26H26N4O3/c31-24(27-23-12-6-8-19-7-4-5-11-22(19)23)17-28-15-13-20(14-16-28)29-18-25(32)30(26(29)33)21-9-2-1-3-10-21/h1-12,20H,13-18H2,(H,27,31). The fourth-order valence-electron chi connectivity index (χ4n) is 4.75. The van der Waals surface area contributed by atoms with Gasteiger partial charge in [-0.3, -0.25) is 14.5 Å². The van der Waals surface area contributed by atoms with E-state index in [1.165, 1.54) is 4.90 Å². The molecule has 7 heteroatoms. The van der Waals surface area contributed by atoms with E-state index in [4.69, 9.17) is 0 Å². The lowest BCUT2D eigenvalue weighted by Crippen LogP contribution is -2.48. The molecule has 2 aliphatic heterocycles. The first-order valence-corrected chi connectivity index (χ1v) is 11.3. The van der Waals surface area contributed by atoms with Gasteiger partial charge in [0.25, 0.3) is 5.91 Å². The molecule has 1 N–H and O–H groups in total. The van der Waals surface area contributed by atoms with Crippen LogP contribution in [-0.4, -0.2) is 59.9 Å². The van der Waals surface area contributed by atoms with Gasteiger partial charge < -0.3 is 10.2 Å². The van der Waals surface area contributed by atoms with Gasteiger partial charge in [-0.2, -0.15) is 0 Å². The molecule has 4 amide bonds. The number of nitrogens with zero attached hydrogens (tertiary/aromatic N) is 3. The Bertz CT molecular complexity index is 1180.